The van der Waals surface area contributed by atoms with Crippen LogP contribution in [0, 0.1) is 0 Å². The zero-order valence-electron chi connectivity index (χ0n) is 12.4. The molecule has 0 bridgehead atoms. The van der Waals surface area contributed by atoms with Gasteiger partial charge in [0.1, 0.15) is 11.3 Å². The molecule has 3 aromatic carbocycles. The quantitative estimate of drug-likeness (QED) is 0.432. The van der Waals surface area contributed by atoms with Gasteiger partial charge in [-0.25, -0.2) is 4.79 Å². The first-order valence-electron chi connectivity index (χ1n) is 7.06. The zero-order valence-corrected chi connectivity index (χ0v) is 13.2. The molecule has 0 aromatic heterocycles. The molecule has 3 N–H and O–H groups in total. The lowest BCUT2D eigenvalue weighted by Crippen LogP contribution is -2.14. The molecule has 0 unspecified atom stereocenters. The number of hydrogen-bond acceptors (Lipinski definition) is 4. The molecule has 0 radical (unpaired) electrons. The van der Waals surface area contributed by atoms with E-state index in [2.05, 4.69) is 17.9 Å². The summed E-state index contributed by atoms with van der Waals surface area (Å²) in [6, 6.07) is 14.9. The van der Waals surface area contributed by atoms with Gasteiger partial charge in [-0.3, -0.25) is 4.79 Å². The largest absolute Gasteiger partial charge is 0.507 e. The maximum absolute atomic E-state index is 12.6. The van der Waals surface area contributed by atoms with Gasteiger partial charge in [0.15, 0.2) is 0 Å². The van der Waals surface area contributed by atoms with Crippen molar-refractivity contribution in [2.24, 2.45) is 0 Å². The van der Waals surface area contributed by atoms with Gasteiger partial charge in [0.05, 0.1) is 5.56 Å². The van der Waals surface area contributed by atoms with Crippen LogP contribution in [-0.2, 0) is 0 Å². The summed E-state index contributed by atoms with van der Waals surface area (Å²) in [6.07, 6.45) is 0. The van der Waals surface area contributed by atoms with Gasteiger partial charge in [0, 0.05) is 10.6 Å². The van der Waals surface area contributed by atoms with Crippen LogP contribution in [0.3, 0.4) is 0 Å². The minimum absolute atomic E-state index is 0.274. The van der Waals surface area contributed by atoms with Crippen molar-refractivity contribution in [2.75, 3.05) is 5.32 Å². The van der Waals surface area contributed by atoms with Gasteiger partial charge < -0.3 is 15.5 Å². The fourth-order valence-corrected chi connectivity index (χ4v) is 2.77. The molecule has 0 atom stereocenters. The average molecular weight is 339 g/mol. The van der Waals surface area contributed by atoms with Gasteiger partial charge in [0.25, 0.3) is 5.91 Å². The lowest BCUT2D eigenvalue weighted by atomic mass is 10.0. The Kier molecular flexibility index (Phi) is 4.14. The number of aromatic hydroxyl groups is 1. The van der Waals surface area contributed by atoms with Crippen molar-refractivity contribution in [1.29, 1.82) is 0 Å². The van der Waals surface area contributed by atoms with Crippen LogP contribution in [0.4, 0.5) is 5.69 Å². The topological polar surface area (TPSA) is 86.6 Å². The summed E-state index contributed by atoms with van der Waals surface area (Å²) in [5.41, 5.74) is 0.397. The van der Waals surface area contributed by atoms with E-state index < -0.39 is 11.9 Å². The Labute approximate surface area is 143 Å². The fourth-order valence-electron chi connectivity index (χ4n) is 2.48. The number of amides is 1. The van der Waals surface area contributed by atoms with Gasteiger partial charge in [-0.05, 0) is 35.0 Å². The Morgan fingerprint density at radius 2 is 1.75 bits per heavy atom. The SMILES string of the molecule is O=C(O)c1cc(NC(=O)c2c(S)ccc3ccccc23)ccc1O. The van der Waals surface area contributed by atoms with Crippen molar-refractivity contribution in [1.82, 2.24) is 0 Å². The van der Waals surface area contributed by atoms with Crippen molar-refractivity contribution in [3.63, 3.8) is 0 Å². The number of carboxylic acid groups (broad SMARTS) is 1. The smallest absolute Gasteiger partial charge is 0.339 e. The molecule has 1 amide bonds. The molecule has 0 aliphatic heterocycles. The first kappa shape index (κ1) is 15.9. The minimum atomic E-state index is -1.27. The minimum Gasteiger partial charge on any atom is -0.507 e. The number of carboxylic acids is 1. The summed E-state index contributed by atoms with van der Waals surface area (Å²) in [7, 11) is 0. The second kappa shape index (κ2) is 6.25. The molecule has 0 saturated carbocycles. The predicted octanol–water partition coefficient (Wildman–Crippen LogP) is 3.78. The van der Waals surface area contributed by atoms with Crippen molar-refractivity contribution >= 4 is 41.0 Å². The van der Waals surface area contributed by atoms with Crippen LogP contribution in [0.5, 0.6) is 5.75 Å². The molecule has 5 nitrogen and oxygen atoms in total. The van der Waals surface area contributed by atoms with E-state index in [0.717, 1.165) is 10.8 Å². The lowest BCUT2D eigenvalue weighted by Gasteiger charge is -2.11. The van der Waals surface area contributed by atoms with Crippen LogP contribution in [-0.4, -0.2) is 22.1 Å². The molecular formula is C18H13NO4S. The molecule has 6 heteroatoms. The van der Waals surface area contributed by atoms with E-state index in [9.17, 15) is 14.7 Å². The Morgan fingerprint density at radius 1 is 1.00 bits per heavy atom. The number of phenols is 1. The monoisotopic (exact) mass is 339 g/mol. The highest BCUT2D eigenvalue weighted by atomic mass is 32.1. The summed E-state index contributed by atoms with van der Waals surface area (Å²) < 4.78 is 0. The number of hydrogen-bond donors (Lipinski definition) is 4. The van der Waals surface area contributed by atoms with E-state index in [0.29, 0.717) is 10.5 Å². The standard InChI is InChI=1S/C18H13NO4S/c20-14-7-6-11(9-13(14)18(22)23)19-17(21)16-12-4-2-1-3-10(12)5-8-15(16)24/h1-9,20,24H,(H,19,21)(H,22,23). The number of anilines is 1. The van der Waals surface area contributed by atoms with Crippen molar-refractivity contribution in [3.05, 3.63) is 65.7 Å². The summed E-state index contributed by atoms with van der Waals surface area (Å²) in [5.74, 6) is -2.04. The third-order valence-corrected chi connectivity index (χ3v) is 3.99. The molecule has 0 aliphatic carbocycles. The number of carbonyl (C=O) groups is 2. The maximum atomic E-state index is 12.6. The Hall–Kier alpha value is -2.99. The molecule has 0 aliphatic rings. The number of fused-ring (bicyclic) bond motifs is 1. The molecular weight excluding hydrogens is 326 g/mol. The van der Waals surface area contributed by atoms with Gasteiger partial charge in [0.2, 0.25) is 0 Å². The first-order chi connectivity index (χ1) is 11.5. The summed E-state index contributed by atoms with van der Waals surface area (Å²) in [6.45, 7) is 0. The van der Waals surface area contributed by atoms with Crippen molar-refractivity contribution < 1.29 is 19.8 Å². The molecule has 0 spiro atoms. The number of rotatable bonds is 3. The molecule has 0 heterocycles. The third kappa shape index (κ3) is 2.91. The second-order valence-corrected chi connectivity index (χ2v) is 5.65. The van der Waals surface area contributed by atoms with Crippen LogP contribution in [0.2, 0.25) is 0 Å². The molecule has 0 saturated heterocycles. The summed E-state index contributed by atoms with van der Waals surface area (Å²) in [5, 5.41) is 22.9. The highest BCUT2D eigenvalue weighted by Gasteiger charge is 2.16. The average Bonchev–Trinajstić information content (AvgIpc) is 2.56. The van der Waals surface area contributed by atoms with E-state index in [1.807, 2.05) is 30.3 Å². The summed E-state index contributed by atoms with van der Waals surface area (Å²) in [4.78, 5) is 24.2. The van der Waals surface area contributed by atoms with Crippen LogP contribution in [0.1, 0.15) is 20.7 Å². The van der Waals surface area contributed by atoms with Gasteiger partial charge in [-0.1, -0.05) is 30.3 Å². The number of aromatic carboxylic acids is 1. The number of benzene rings is 3. The number of nitrogens with one attached hydrogen (secondary N) is 1. The van der Waals surface area contributed by atoms with E-state index in [-0.39, 0.29) is 17.0 Å². The van der Waals surface area contributed by atoms with Gasteiger partial charge >= 0.3 is 5.97 Å². The number of thiol groups is 1. The lowest BCUT2D eigenvalue weighted by molar-refractivity contribution is 0.0693. The van der Waals surface area contributed by atoms with Gasteiger partial charge in [-0.2, -0.15) is 0 Å². The van der Waals surface area contributed by atoms with Crippen LogP contribution < -0.4 is 5.32 Å². The van der Waals surface area contributed by atoms with Crippen LogP contribution in [0.25, 0.3) is 10.8 Å². The molecule has 24 heavy (non-hydrogen) atoms. The fraction of sp³-hybridized carbons (Fsp3) is 0. The van der Waals surface area contributed by atoms with E-state index in [4.69, 9.17) is 5.11 Å². The maximum Gasteiger partial charge on any atom is 0.339 e. The summed E-state index contributed by atoms with van der Waals surface area (Å²) >= 11 is 4.35. The highest BCUT2D eigenvalue weighted by molar-refractivity contribution is 7.80. The first-order valence-corrected chi connectivity index (χ1v) is 7.50. The molecule has 3 aromatic rings. The highest BCUT2D eigenvalue weighted by Crippen LogP contribution is 2.27. The van der Waals surface area contributed by atoms with Gasteiger partial charge in [-0.15, -0.1) is 12.6 Å². The Balaban J connectivity index is 2.01. The van der Waals surface area contributed by atoms with Crippen LogP contribution in [0.15, 0.2) is 59.5 Å². The molecule has 0 fully saturated rings. The predicted molar refractivity (Wildman–Crippen MR) is 94.2 cm³/mol. The Morgan fingerprint density at radius 3 is 2.50 bits per heavy atom. The zero-order chi connectivity index (χ0) is 17.3. The Bertz CT molecular complexity index is 968. The van der Waals surface area contributed by atoms with Crippen LogP contribution >= 0.6 is 12.6 Å². The van der Waals surface area contributed by atoms with E-state index in [1.54, 1.807) is 6.07 Å². The molecule has 120 valence electrons. The third-order valence-electron chi connectivity index (χ3n) is 3.62. The van der Waals surface area contributed by atoms with Crippen molar-refractivity contribution in [3.8, 4) is 5.75 Å². The normalized spacial score (nSPS) is 10.5. The number of carbonyl (C=O) groups excluding carboxylic acids is 1. The van der Waals surface area contributed by atoms with E-state index in [1.165, 1.54) is 18.2 Å². The molecule has 3 rings (SSSR count). The second-order valence-electron chi connectivity index (χ2n) is 5.17. The van der Waals surface area contributed by atoms with Crippen molar-refractivity contribution in [2.45, 2.75) is 4.90 Å². The van der Waals surface area contributed by atoms with E-state index >= 15 is 0 Å².